The van der Waals surface area contributed by atoms with E-state index in [4.69, 9.17) is 13.3 Å². The van der Waals surface area contributed by atoms with Gasteiger partial charge < -0.3 is 13.3 Å². The highest BCUT2D eigenvalue weighted by Crippen LogP contribution is 2.24. The molecule has 6 heteroatoms. The van der Waals surface area contributed by atoms with Gasteiger partial charge in [-0.15, -0.1) is 0 Å². The van der Waals surface area contributed by atoms with Crippen molar-refractivity contribution >= 4 is 17.6 Å². The molecule has 1 unspecified atom stereocenters. The van der Waals surface area contributed by atoms with E-state index in [1.807, 2.05) is 20.4 Å². The molecule has 0 aliphatic carbocycles. The Hall–Kier alpha value is -0.506. The minimum absolute atomic E-state index is 0.0658. The first-order valence-corrected chi connectivity index (χ1v) is 15.1. The van der Waals surface area contributed by atoms with Crippen molar-refractivity contribution in [1.29, 1.82) is 0 Å². The number of nitrogens with zero attached hydrogens (tertiary/aromatic N) is 1. The zero-order valence-electron chi connectivity index (χ0n) is 18.0. The number of hydrogen-bond donors (Lipinski definition) is 0. The van der Waals surface area contributed by atoms with Crippen molar-refractivity contribution in [2.75, 3.05) is 19.8 Å². The van der Waals surface area contributed by atoms with Crippen molar-refractivity contribution in [3.63, 3.8) is 0 Å². The Morgan fingerprint density at radius 1 is 1.00 bits per heavy atom. The summed E-state index contributed by atoms with van der Waals surface area (Å²) in [5, 5.41) is 0. The summed E-state index contributed by atoms with van der Waals surface area (Å²) in [6.07, 6.45) is 0. The number of hydrogen-bond acceptors (Lipinski definition) is 4. The van der Waals surface area contributed by atoms with E-state index in [9.17, 15) is 0 Å². The SMILES string of the molecule is CCO[Si](C)(OCC)OCC(N(Cc1ccccc1)C(C)(C)C)[SiH](C)C. The Morgan fingerprint density at radius 3 is 1.96 bits per heavy atom. The standard InChI is InChI=1S/C20H39NO3Si2/c1-9-22-26(8,23-10-2)24-17-19(25(6)7)21(20(3,4)5)16-18-14-12-11-13-15-18/h11-15,19,25H,9-10,16-17H2,1-8H3. The molecule has 0 fully saturated rings. The average Bonchev–Trinajstić information content (AvgIpc) is 2.54. The van der Waals surface area contributed by atoms with Crippen molar-refractivity contribution in [2.45, 2.75) is 72.0 Å². The molecule has 26 heavy (non-hydrogen) atoms. The molecule has 0 saturated carbocycles. The van der Waals surface area contributed by atoms with Crippen LogP contribution in [0.4, 0.5) is 0 Å². The van der Waals surface area contributed by atoms with Gasteiger partial charge in [-0.1, -0.05) is 43.4 Å². The highest BCUT2D eigenvalue weighted by molar-refractivity contribution is 6.60. The van der Waals surface area contributed by atoms with Gasteiger partial charge in [-0.2, -0.15) is 0 Å². The van der Waals surface area contributed by atoms with Crippen molar-refractivity contribution in [3.8, 4) is 0 Å². The molecular weight excluding hydrogens is 358 g/mol. The minimum atomic E-state index is -2.56. The Balaban J connectivity index is 2.97. The zero-order chi connectivity index (χ0) is 19.8. The van der Waals surface area contributed by atoms with Gasteiger partial charge in [-0.05, 0) is 40.2 Å². The van der Waals surface area contributed by atoms with Crippen molar-refractivity contribution in [3.05, 3.63) is 35.9 Å². The lowest BCUT2D eigenvalue weighted by atomic mass is 10.0. The second kappa shape index (κ2) is 10.7. The highest BCUT2D eigenvalue weighted by atomic mass is 28.4. The zero-order valence-corrected chi connectivity index (χ0v) is 20.2. The first kappa shape index (κ1) is 23.5. The van der Waals surface area contributed by atoms with Crippen LogP contribution in [-0.2, 0) is 19.8 Å². The van der Waals surface area contributed by atoms with Crippen LogP contribution >= 0.6 is 0 Å². The van der Waals surface area contributed by atoms with Gasteiger partial charge in [0.05, 0.1) is 15.4 Å². The summed E-state index contributed by atoms with van der Waals surface area (Å²) in [7, 11) is -3.56. The summed E-state index contributed by atoms with van der Waals surface area (Å²) in [4.78, 5) is 2.60. The molecule has 0 aliphatic heterocycles. The van der Waals surface area contributed by atoms with E-state index in [1.165, 1.54) is 5.56 Å². The van der Waals surface area contributed by atoms with Crippen molar-refractivity contribution in [2.24, 2.45) is 0 Å². The lowest BCUT2D eigenvalue weighted by Crippen LogP contribution is -2.56. The van der Waals surface area contributed by atoms with Crippen molar-refractivity contribution in [1.82, 2.24) is 4.90 Å². The largest absolute Gasteiger partial charge is 0.497 e. The molecule has 0 aliphatic rings. The number of rotatable bonds is 11. The predicted molar refractivity (Wildman–Crippen MR) is 115 cm³/mol. The summed E-state index contributed by atoms with van der Waals surface area (Å²) in [5.74, 6) is 0. The van der Waals surface area contributed by atoms with Crippen LogP contribution in [0.1, 0.15) is 40.2 Å². The van der Waals surface area contributed by atoms with Crippen LogP contribution in [0.2, 0.25) is 19.6 Å². The Bertz CT molecular complexity index is 500. The summed E-state index contributed by atoms with van der Waals surface area (Å²) in [6, 6.07) is 10.7. The van der Waals surface area contributed by atoms with Crippen LogP contribution in [0.15, 0.2) is 30.3 Å². The molecule has 0 spiro atoms. The minimum Gasteiger partial charge on any atom is -0.374 e. The third-order valence-electron chi connectivity index (χ3n) is 4.56. The fourth-order valence-corrected chi connectivity index (χ4v) is 6.88. The molecule has 1 rings (SSSR count). The first-order chi connectivity index (χ1) is 12.1. The lowest BCUT2D eigenvalue weighted by Gasteiger charge is -2.44. The Kier molecular flexibility index (Phi) is 9.71. The van der Waals surface area contributed by atoms with E-state index in [0.29, 0.717) is 25.5 Å². The molecule has 1 atom stereocenters. The monoisotopic (exact) mass is 397 g/mol. The quantitative estimate of drug-likeness (QED) is 0.520. The maximum absolute atomic E-state index is 6.34. The lowest BCUT2D eigenvalue weighted by molar-refractivity contribution is 0.0329. The maximum Gasteiger partial charge on any atom is 0.497 e. The molecule has 150 valence electrons. The van der Waals surface area contributed by atoms with Gasteiger partial charge in [-0.3, -0.25) is 4.90 Å². The van der Waals surface area contributed by atoms with Crippen LogP contribution in [0.3, 0.4) is 0 Å². The van der Waals surface area contributed by atoms with Gasteiger partial charge in [0, 0.05) is 37.5 Å². The van der Waals surface area contributed by atoms with E-state index in [0.717, 1.165) is 6.54 Å². The average molecular weight is 398 g/mol. The molecule has 0 heterocycles. The third-order valence-corrected chi connectivity index (χ3v) is 8.97. The third kappa shape index (κ3) is 7.62. The van der Waals surface area contributed by atoms with Crippen LogP contribution in [0.25, 0.3) is 0 Å². The fraction of sp³-hybridized carbons (Fsp3) is 0.700. The van der Waals surface area contributed by atoms with Crippen molar-refractivity contribution < 1.29 is 13.3 Å². The molecule has 4 nitrogen and oxygen atoms in total. The van der Waals surface area contributed by atoms with Gasteiger partial charge in [0.2, 0.25) is 0 Å². The topological polar surface area (TPSA) is 30.9 Å². The van der Waals surface area contributed by atoms with Crippen LogP contribution in [0.5, 0.6) is 0 Å². The summed E-state index contributed by atoms with van der Waals surface area (Å²) < 4.78 is 18.1. The Labute approximate surface area is 163 Å². The van der Waals surface area contributed by atoms with Crippen LogP contribution < -0.4 is 0 Å². The van der Waals surface area contributed by atoms with Gasteiger partial charge >= 0.3 is 8.80 Å². The Morgan fingerprint density at radius 2 is 1.54 bits per heavy atom. The normalized spacial score (nSPS) is 14.2. The van der Waals surface area contributed by atoms with E-state index in [2.05, 4.69) is 69.1 Å². The molecular formula is C20H39NO3Si2. The van der Waals surface area contributed by atoms with E-state index >= 15 is 0 Å². The van der Waals surface area contributed by atoms with Gasteiger partial charge in [-0.25, -0.2) is 0 Å². The maximum atomic E-state index is 6.34. The second-order valence-electron chi connectivity index (χ2n) is 8.14. The van der Waals surface area contributed by atoms with Crippen LogP contribution in [-0.4, -0.2) is 53.5 Å². The smallest absolute Gasteiger partial charge is 0.374 e. The van der Waals surface area contributed by atoms with E-state index in [-0.39, 0.29) is 5.54 Å². The molecule has 0 bridgehead atoms. The van der Waals surface area contributed by atoms with E-state index in [1.54, 1.807) is 0 Å². The number of benzene rings is 1. The highest BCUT2D eigenvalue weighted by Gasteiger charge is 2.38. The summed E-state index contributed by atoms with van der Waals surface area (Å²) in [5.41, 5.74) is 1.83. The molecule has 0 N–H and O–H groups in total. The van der Waals surface area contributed by atoms with Gasteiger partial charge in [0.15, 0.2) is 0 Å². The second-order valence-corrected chi connectivity index (χ2v) is 14.0. The molecule has 0 saturated heterocycles. The van der Waals surface area contributed by atoms with Crippen LogP contribution in [0, 0.1) is 0 Å². The molecule has 1 aromatic carbocycles. The summed E-state index contributed by atoms with van der Waals surface area (Å²) in [6.45, 7) is 20.6. The fourth-order valence-electron chi connectivity index (χ4n) is 3.16. The predicted octanol–water partition coefficient (Wildman–Crippen LogP) is 4.34. The first-order valence-electron chi connectivity index (χ1n) is 9.85. The molecule has 0 aromatic heterocycles. The van der Waals surface area contributed by atoms with E-state index < -0.39 is 17.6 Å². The van der Waals surface area contributed by atoms with Gasteiger partial charge in [0.25, 0.3) is 0 Å². The van der Waals surface area contributed by atoms with Gasteiger partial charge in [0.1, 0.15) is 0 Å². The summed E-state index contributed by atoms with van der Waals surface area (Å²) >= 11 is 0. The molecule has 0 radical (unpaired) electrons. The molecule has 0 amide bonds. The molecule has 1 aromatic rings.